The maximum absolute atomic E-state index is 13.5. The summed E-state index contributed by atoms with van der Waals surface area (Å²) in [7, 11) is 0. The van der Waals surface area contributed by atoms with E-state index in [4.69, 9.17) is 29.4 Å². The molecular formula is C42H65N7O13. The first-order valence-electron chi connectivity index (χ1n) is 20.9. The number of nitrogens with zero attached hydrogens (tertiary/aromatic N) is 1. The van der Waals surface area contributed by atoms with Crippen LogP contribution < -0.4 is 32.3 Å². The van der Waals surface area contributed by atoms with Gasteiger partial charge in [-0.05, 0) is 42.4 Å². The van der Waals surface area contributed by atoms with Crippen molar-refractivity contribution in [3.8, 4) is 0 Å². The van der Waals surface area contributed by atoms with E-state index in [2.05, 4.69) is 26.6 Å². The number of esters is 1. The van der Waals surface area contributed by atoms with Gasteiger partial charge in [-0.15, -0.1) is 0 Å². The third-order valence-corrected chi connectivity index (χ3v) is 9.46. The number of primary amides is 1. The number of urea groups is 1. The highest BCUT2D eigenvalue weighted by atomic mass is 16.6. The number of carbonyl (C=O) groups is 8. The third-order valence-electron chi connectivity index (χ3n) is 9.46. The number of hydrogen-bond donors (Lipinski definition) is 6. The van der Waals surface area contributed by atoms with Gasteiger partial charge in [-0.1, -0.05) is 46.8 Å². The van der Waals surface area contributed by atoms with Crippen molar-refractivity contribution in [1.29, 1.82) is 0 Å². The molecular weight excluding hydrogens is 810 g/mol. The summed E-state index contributed by atoms with van der Waals surface area (Å²) in [5, 5.41) is 13.4. The number of rotatable bonds is 32. The Morgan fingerprint density at radius 3 is 1.81 bits per heavy atom. The van der Waals surface area contributed by atoms with Crippen LogP contribution in [-0.2, 0) is 63.9 Å². The van der Waals surface area contributed by atoms with E-state index in [1.165, 1.54) is 12.2 Å². The van der Waals surface area contributed by atoms with Crippen LogP contribution in [-0.4, -0.2) is 137 Å². The van der Waals surface area contributed by atoms with Crippen molar-refractivity contribution in [2.24, 2.45) is 23.5 Å². The van der Waals surface area contributed by atoms with E-state index in [1.807, 2.05) is 20.8 Å². The monoisotopic (exact) mass is 875 g/mol. The van der Waals surface area contributed by atoms with E-state index < -0.39 is 47.7 Å². The van der Waals surface area contributed by atoms with Gasteiger partial charge in [0.05, 0.1) is 58.8 Å². The highest BCUT2D eigenvalue weighted by Gasteiger charge is 2.29. The predicted molar refractivity (Wildman–Crippen MR) is 226 cm³/mol. The van der Waals surface area contributed by atoms with Crippen LogP contribution in [0.3, 0.4) is 0 Å². The molecule has 62 heavy (non-hydrogen) atoms. The Morgan fingerprint density at radius 2 is 1.24 bits per heavy atom. The van der Waals surface area contributed by atoms with Crippen molar-refractivity contribution < 1.29 is 62.0 Å². The van der Waals surface area contributed by atoms with Gasteiger partial charge in [-0.2, -0.15) is 0 Å². The van der Waals surface area contributed by atoms with Crippen molar-refractivity contribution in [1.82, 2.24) is 26.2 Å². The van der Waals surface area contributed by atoms with Crippen molar-refractivity contribution in [3.63, 3.8) is 0 Å². The number of anilines is 1. The lowest BCUT2D eigenvalue weighted by Gasteiger charge is -2.25. The summed E-state index contributed by atoms with van der Waals surface area (Å²) in [6, 6.07) is 4.07. The lowest BCUT2D eigenvalue weighted by Crippen LogP contribution is -2.54. The van der Waals surface area contributed by atoms with E-state index in [-0.39, 0.29) is 102 Å². The molecule has 8 amide bonds. The van der Waals surface area contributed by atoms with Gasteiger partial charge in [0.2, 0.25) is 23.6 Å². The first-order valence-corrected chi connectivity index (χ1v) is 20.9. The van der Waals surface area contributed by atoms with Gasteiger partial charge in [0.25, 0.3) is 11.8 Å². The van der Waals surface area contributed by atoms with Gasteiger partial charge in [-0.25, -0.2) is 4.79 Å². The molecule has 0 fully saturated rings. The second kappa shape index (κ2) is 29.8. The van der Waals surface area contributed by atoms with Crippen molar-refractivity contribution in [2.45, 2.75) is 79.0 Å². The molecule has 20 heteroatoms. The summed E-state index contributed by atoms with van der Waals surface area (Å²) in [5.74, 6) is -3.34. The first kappa shape index (κ1) is 52.7. The van der Waals surface area contributed by atoms with Crippen molar-refractivity contribution >= 4 is 53.1 Å². The number of carbonyl (C=O) groups excluding carboxylic acids is 8. The molecule has 1 aromatic carbocycles. The number of ether oxygens (including phenoxy) is 5. The van der Waals surface area contributed by atoms with Crippen LogP contribution >= 0.6 is 0 Å². The van der Waals surface area contributed by atoms with Crippen LogP contribution in [0.1, 0.15) is 65.9 Å². The Morgan fingerprint density at radius 1 is 0.661 bits per heavy atom. The molecule has 1 aliphatic rings. The Bertz CT molecular complexity index is 1620. The zero-order valence-electron chi connectivity index (χ0n) is 36.5. The molecule has 0 spiro atoms. The fourth-order valence-corrected chi connectivity index (χ4v) is 5.44. The molecule has 0 saturated heterocycles. The average Bonchev–Trinajstić information content (AvgIpc) is 3.55. The molecule has 0 aromatic heterocycles. The summed E-state index contributed by atoms with van der Waals surface area (Å²) in [6.45, 7) is 11.9. The number of benzene rings is 1. The number of imide groups is 1. The largest absolute Gasteiger partial charge is 0.461 e. The van der Waals surface area contributed by atoms with Gasteiger partial charge < -0.3 is 56.0 Å². The smallest absolute Gasteiger partial charge is 0.312 e. The Hall–Kier alpha value is -5.44. The fraction of sp³-hybridized carbons (Fsp3) is 0.619. The minimum absolute atomic E-state index is 0.0103. The summed E-state index contributed by atoms with van der Waals surface area (Å²) in [4.78, 5) is 98.9. The molecule has 1 aliphatic heterocycles. The molecule has 1 aromatic rings. The maximum Gasteiger partial charge on any atom is 0.312 e. The van der Waals surface area contributed by atoms with Crippen LogP contribution in [0.4, 0.5) is 10.5 Å². The first-order chi connectivity index (χ1) is 29.6. The maximum atomic E-state index is 13.5. The number of nitrogens with two attached hydrogens (primary N) is 1. The molecule has 0 bridgehead atoms. The van der Waals surface area contributed by atoms with Crippen LogP contribution in [0.15, 0.2) is 36.4 Å². The van der Waals surface area contributed by atoms with E-state index in [9.17, 15) is 38.4 Å². The van der Waals surface area contributed by atoms with E-state index in [0.29, 0.717) is 38.5 Å². The zero-order valence-corrected chi connectivity index (χ0v) is 36.5. The minimum Gasteiger partial charge on any atom is -0.461 e. The summed E-state index contributed by atoms with van der Waals surface area (Å²) >= 11 is 0. The van der Waals surface area contributed by atoms with Gasteiger partial charge in [0.15, 0.2) is 0 Å². The molecule has 0 saturated carbocycles. The van der Waals surface area contributed by atoms with Gasteiger partial charge in [0, 0.05) is 50.3 Å². The molecule has 20 nitrogen and oxygen atoms in total. The van der Waals surface area contributed by atoms with Crippen LogP contribution in [0.25, 0.3) is 0 Å². The number of hydrogen-bond acceptors (Lipinski definition) is 13. The SMILES string of the molecule is CC(C)C(C)C(=O)OCc1ccc(NC(=O)[C@@H](CCCNC(N)=O)NC(=O)[C@H](NC(=O)CCOCCOCCOCCOCCNC(=O)CCN2C(=O)C=CC2=O)C(C)C)cc1. The average molecular weight is 876 g/mol. The Kier molecular flexibility index (Phi) is 25.3. The fourth-order valence-electron chi connectivity index (χ4n) is 5.44. The summed E-state index contributed by atoms with van der Waals surface area (Å²) in [5.41, 5.74) is 6.35. The molecule has 3 atom stereocenters. The highest BCUT2D eigenvalue weighted by Crippen LogP contribution is 2.16. The molecule has 2 rings (SSSR count). The third kappa shape index (κ3) is 21.9. The minimum atomic E-state index is -1.01. The molecule has 0 aliphatic carbocycles. The van der Waals surface area contributed by atoms with Gasteiger partial charge in [0.1, 0.15) is 18.7 Å². The second-order valence-electron chi connectivity index (χ2n) is 15.1. The second-order valence-corrected chi connectivity index (χ2v) is 15.1. The van der Waals surface area contributed by atoms with Crippen LogP contribution in [0, 0.1) is 17.8 Å². The highest BCUT2D eigenvalue weighted by molar-refractivity contribution is 6.13. The Labute approximate surface area is 363 Å². The molecule has 1 unspecified atom stereocenters. The summed E-state index contributed by atoms with van der Waals surface area (Å²) < 4.78 is 27.2. The van der Waals surface area contributed by atoms with E-state index in [0.717, 1.165) is 10.5 Å². The van der Waals surface area contributed by atoms with Crippen molar-refractivity contribution in [2.75, 3.05) is 77.8 Å². The number of nitrogens with one attached hydrogen (secondary N) is 5. The topological polar surface area (TPSA) is 272 Å². The zero-order chi connectivity index (χ0) is 45.9. The molecule has 0 radical (unpaired) electrons. The molecule has 7 N–H and O–H groups in total. The molecule has 1 heterocycles. The lowest BCUT2D eigenvalue weighted by molar-refractivity contribution is -0.150. The van der Waals surface area contributed by atoms with Gasteiger partial charge in [-0.3, -0.25) is 38.5 Å². The van der Waals surface area contributed by atoms with Crippen molar-refractivity contribution in [3.05, 3.63) is 42.0 Å². The van der Waals surface area contributed by atoms with Crippen LogP contribution in [0.5, 0.6) is 0 Å². The normalized spacial score (nSPS) is 13.8. The Balaban J connectivity index is 1.64. The lowest BCUT2D eigenvalue weighted by atomic mass is 9.99. The van der Waals surface area contributed by atoms with E-state index in [1.54, 1.807) is 38.1 Å². The quantitative estimate of drug-likeness (QED) is 0.0335. The predicted octanol–water partition coefficient (Wildman–Crippen LogP) is 0.922. The van der Waals surface area contributed by atoms with E-state index >= 15 is 0 Å². The number of amides is 8. The van der Waals surface area contributed by atoms with Gasteiger partial charge >= 0.3 is 12.0 Å². The van der Waals surface area contributed by atoms with Crippen LogP contribution in [0.2, 0.25) is 0 Å². The standard InChI is InChI=1S/C42H65N7O13/c1-28(2)30(5)41(56)62-27-31-8-10-32(11-9-31)46-39(54)33(7-6-16-45-42(43)57)47-40(55)38(29(3)4)48-35(51)15-19-58-21-23-60-25-26-61-24-22-59-20-17-44-34(50)14-18-49-36(52)12-13-37(49)53/h8-13,28-30,33,38H,6-7,14-27H2,1-5H3,(H,44,50)(H,46,54)(H,47,55)(H,48,51)(H3,43,45,57)/t30?,33-,38-/m1/s1. The molecule has 346 valence electrons. The summed E-state index contributed by atoms with van der Waals surface area (Å²) in [6.07, 6.45) is 2.82.